The van der Waals surface area contributed by atoms with Crippen LogP contribution < -0.4 is 9.46 Å². The van der Waals surface area contributed by atoms with Crippen molar-refractivity contribution in [1.82, 2.24) is 9.62 Å². The van der Waals surface area contributed by atoms with Crippen molar-refractivity contribution in [1.29, 1.82) is 0 Å². The molecule has 1 amide bonds. The first-order valence-electron chi connectivity index (χ1n) is 11.9. The molecule has 38 heavy (non-hydrogen) atoms. The second-order valence-electron chi connectivity index (χ2n) is 9.08. The van der Waals surface area contributed by atoms with Gasteiger partial charge in [0.2, 0.25) is 0 Å². The van der Waals surface area contributed by atoms with Crippen molar-refractivity contribution >= 4 is 44.8 Å². The SMILES string of the molecule is O=C(COc1ccccc1[C@@H]1CC1(NS(=O)(=O)c1ccc(-c2ccc(Cl)cc2)s1)C(=O)O)N1CCOCC1. The average molecular weight is 577 g/mol. The topological polar surface area (TPSA) is 122 Å². The summed E-state index contributed by atoms with van der Waals surface area (Å²) in [5.41, 5.74) is -0.395. The van der Waals surface area contributed by atoms with Crippen LogP contribution in [-0.2, 0) is 24.3 Å². The van der Waals surface area contributed by atoms with Gasteiger partial charge in [0.15, 0.2) is 6.61 Å². The molecule has 2 atom stereocenters. The normalized spacial score (nSPS) is 21.2. The van der Waals surface area contributed by atoms with Crippen LogP contribution in [0.5, 0.6) is 5.75 Å². The van der Waals surface area contributed by atoms with E-state index in [4.69, 9.17) is 21.1 Å². The van der Waals surface area contributed by atoms with Gasteiger partial charge in [0.1, 0.15) is 15.5 Å². The summed E-state index contributed by atoms with van der Waals surface area (Å²) in [5.74, 6) is -1.79. The molecule has 0 bridgehead atoms. The minimum atomic E-state index is -4.14. The van der Waals surface area contributed by atoms with E-state index in [0.29, 0.717) is 47.5 Å². The summed E-state index contributed by atoms with van der Waals surface area (Å²) in [4.78, 5) is 27.3. The first-order valence-corrected chi connectivity index (χ1v) is 14.6. The molecule has 0 radical (unpaired) electrons. The molecule has 2 N–H and O–H groups in total. The van der Waals surface area contributed by atoms with Gasteiger partial charge in [-0.25, -0.2) is 8.42 Å². The zero-order valence-electron chi connectivity index (χ0n) is 20.1. The molecule has 2 aromatic carbocycles. The lowest BCUT2D eigenvalue weighted by molar-refractivity contribution is -0.140. The summed E-state index contributed by atoms with van der Waals surface area (Å²) in [6.45, 7) is 1.70. The van der Waals surface area contributed by atoms with E-state index in [9.17, 15) is 23.1 Å². The van der Waals surface area contributed by atoms with Crippen molar-refractivity contribution in [2.45, 2.75) is 22.1 Å². The Kier molecular flexibility index (Phi) is 7.47. The van der Waals surface area contributed by atoms with Gasteiger partial charge >= 0.3 is 5.97 Å². The van der Waals surface area contributed by atoms with Gasteiger partial charge in [-0.3, -0.25) is 9.59 Å². The average Bonchev–Trinajstić information content (AvgIpc) is 3.39. The van der Waals surface area contributed by atoms with Gasteiger partial charge in [0, 0.05) is 28.9 Å². The molecule has 0 spiro atoms. The number of aliphatic carboxylic acids is 1. The number of sulfonamides is 1. The standard InChI is InChI=1S/C26H25ClN2O7S2/c27-18-7-5-17(6-8-18)22-9-10-24(37-22)38(33,34)28-26(25(31)32)15-20(26)19-3-1-2-4-21(19)36-16-23(30)29-11-13-35-14-12-29/h1-10,20,28H,11-16H2,(H,31,32)/t20-,26?/m0/s1. The number of carboxylic acids is 1. The molecule has 2 aliphatic rings. The number of halogens is 1. The van der Waals surface area contributed by atoms with E-state index in [0.717, 1.165) is 16.9 Å². The monoisotopic (exact) mass is 576 g/mol. The van der Waals surface area contributed by atoms with Crippen LogP contribution in [0.4, 0.5) is 0 Å². The van der Waals surface area contributed by atoms with Crippen molar-refractivity contribution in [3.05, 3.63) is 71.2 Å². The fourth-order valence-electron chi connectivity index (χ4n) is 4.50. The van der Waals surface area contributed by atoms with E-state index in [1.807, 2.05) is 0 Å². The maximum absolute atomic E-state index is 13.3. The Morgan fingerprint density at radius 3 is 2.53 bits per heavy atom. The molecule has 12 heteroatoms. The van der Waals surface area contributed by atoms with Crippen LogP contribution in [0.1, 0.15) is 17.9 Å². The van der Waals surface area contributed by atoms with Crippen LogP contribution in [0.15, 0.2) is 64.9 Å². The van der Waals surface area contributed by atoms with Crippen molar-refractivity contribution in [2.75, 3.05) is 32.9 Å². The molecule has 1 saturated carbocycles. The number of amides is 1. The van der Waals surface area contributed by atoms with Crippen molar-refractivity contribution in [3.8, 4) is 16.2 Å². The summed E-state index contributed by atoms with van der Waals surface area (Å²) in [7, 11) is -4.14. The Morgan fingerprint density at radius 1 is 1.11 bits per heavy atom. The molecular formula is C26H25ClN2O7S2. The number of nitrogens with one attached hydrogen (secondary N) is 1. The highest BCUT2D eigenvalue weighted by molar-refractivity contribution is 7.91. The number of rotatable bonds is 9. The van der Waals surface area contributed by atoms with Crippen LogP contribution in [-0.4, -0.2) is 68.7 Å². The summed E-state index contributed by atoms with van der Waals surface area (Å²) in [6.07, 6.45) is 0.0504. The Labute approximate surface area is 229 Å². The number of hydrogen-bond acceptors (Lipinski definition) is 7. The predicted molar refractivity (Wildman–Crippen MR) is 142 cm³/mol. The molecular weight excluding hydrogens is 552 g/mol. The molecule has 200 valence electrons. The summed E-state index contributed by atoms with van der Waals surface area (Å²) < 4.78 is 40.0. The van der Waals surface area contributed by atoms with Crippen LogP contribution in [0.2, 0.25) is 5.02 Å². The highest BCUT2D eigenvalue weighted by Gasteiger charge is 2.64. The van der Waals surface area contributed by atoms with E-state index >= 15 is 0 Å². The van der Waals surface area contributed by atoms with Gasteiger partial charge in [0.25, 0.3) is 15.9 Å². The number of carbonyl (C=O) groups is 2. The second kappa shape index (κ2) is 10.7. The molecule has 1 aliphatic carbocycles. The lowest BCUT2D eigenvalue weighted by atomic mass is 10.1. The number of carboxylic acid groups (broad SMARTS) is 1. The summed E-state index contributed by atoms with van der Waals surface area (Å²) in [6, 6.07) is 16.9. The van der Waals surface area contributed by atoms with Gasteiger partial charge in [-0.05, 0) is 47.9 Å². The fraction of sp³-hybridized carbons (Fsp3) is 0.308. The van der Waals surface area contributed by atoms with E-state index in [1.54, 1.807) is 59.5 Å². The first-order chi connectivity index (χ1) is 18.2. The van der Waals surface area contributed by atoms with E-state index in [2.05, 4.69) is 4.72 Å². The van der Waals surface area contributed by atoms with Crippen LogP contribution in [0, 0.1) is 0 Å². The maximum Gasteiger partial charge on any atom is 0.325 e. The fourth-order valence-corrected chi connectivity index (χ4v) is 7.34. The second-order valence-corrected chi connectivity index (χ2v) is 12.5. The van der Waals surface area contributed by atoms with Gasteiger partial charge in [-0.1, -0.05) is 41.9 Å². The molecule has 1 aliphatic heterocycles. The molecule has 5 rings (SSSR count). The smallest absolute Gasteiger partial charge is 0.325 e. The van der Waals surface area contributed by atoms with Crippen LogP contribution in [0.25, 0.3) is 10.4 Å². The lowest BCUT2D eigenvalue weighted by Crippen LogP contribution is -2.44. The van der Waals surface area contributed by atoms with Crippen LogP contribution in [0.3, 0.4) is 0 Å². The van der Waals surface area contributed by atoms with E-state index in [-0.39, 0.29) is 23.1 Å². The number of thiophene rings is 1. The third kappa shape index (κ3) is 5.43. The third-order valence-electron chi connectivity index (χ3n) is 6.64. The molecule has 9 nitrogen and oxygen atoms in total. The Bertz CT molecular complexity index is 1450. The minimum Gasteiger partial charge on any atom is -0.483 e. The van der Waals surface area contributed by atoms with Crippen LogP contribution >= 0.6 is 22.9 Å². The largest absolute Gasteiger partial charge is 0.483 e. The molecule has 1 saturated heterocycles. The number of carbonyl (C=O) groups excluding carboxylic acids is 1. The van der Waals surface area contributed by atoms with Crippen molar-refractivity contribution in [2.24, 2.45) is 0 Å². The van der Waals surface area contributed by atoms with E-state index in [1.165, 1.54) is 6.07 Å². The Hall–Kier alpha value is -2.96. The number of ether oxygens (including phenoxy) is 2. The number of morpholine rings is 1. The Balaban J connectivity index is 1.33. The number of benzene rings is 2. The molecule has 2 heterocycles. The number of para-hydroxylation sites is 1. The zero-order chi connectivity index (χ0) is 26.9. The van der Waals surface area contributed by atoms with Gasteiger partial charge < -0.3 is 19.5 Å². The summed E-state index contributed by atoms with van der Waals surface area (Å²) in [5, 5.41) is 10.7. The van der Waals surface area contributed by atoms with Crippen molar-refractivity contribution < 1.29 is 32.6 Å². The maximum atomic E-state index is 13.3. The Morgan fingerprint density at radius 2 is 1.82 bits per heavy atom. The molecule has 1 unspecified atom stereocenters. The molecule has 2 fully saturated rings. The van der Waals surface area contributed by atoms with Gasteiger partial charge in [-0.2, -0.15) is 4.72 Å². The number of nitrogens with zero attached hydrogens (tertiary/aromatic N) is 1. The number of hydrogen-bond donors (Lipinski definition) is 2. The molecule has 1 aromatic heterocycles. The highest BCUT2D eigenvalue weighted by atomic mass is 35.5. The van der Waals surface area contributed by atoms with Crippen molar-refractivity contribution in [3.63, 3.8) is 0 Å². The zero-order valence-corrected chi connectivity index (χ0v) is 22.5. The lowest BCUT2D eigenvalue weighted by Gasteiger charge is -2.27. The van der Waals surface area contributed by atoms with E-state index < -0.39 is 27.4 Å². The van der Waals surface area contributed by atoms with Gasteiger partial charge in [-0.15, -0.1) is 11.3 Å². The van der Waals surface area contributed by atoms with Gasteiger partial charge in [0.05, 0.1) is 13.2 Å². The summed E-state index contributed by atoms with van der Waals surface area (Å²) >= 11 is 6.98. The third-order valence-corrected chi connectivity index (χ3v) is 10.0. The minimum absolute atomic E-state index is 0.00867. The highest BCUT2D eigenvalue weighted by Crippen LogP contribution is 2.55. The predicted octanol–water partition coefficient (Wildman–Crippen LogP) is 3.60. The quantitative estimate of drug-likeness (QED) is 0.399. The first kappa shape index (κ1) is 26.6. The molecule has 3 aromatic rings.